The molecule has 1 aliphatic heterocycles. The lowest BCUT2D eigenvalue weighted by Crippen LogP contribution is -2.36. The van der Waals surface area contributed by atoms with Crippen LogP contribution in [-0.2, 0) is 6.42 Å². The van der Waals surface area contributed by atoms with E-state index in [4.69, 9.17) is 5.73 Å². The monoisotopic (exact) mass is 329 g/mol. The number of nitrogens with two attached hydrogens (primary N) is 1. The van der Waals surface area contributed by atoms with Crippen LogP contribution in [0.2, 0.25) is 0 Å². The van der Waals surface area contributed by atoms with Crippen molar-refractivity contribution in [3.8, 4) is 0 Å². The number of anilines is 2. The van der Waals surface area contributed by atoms with Crippen LogP contribution in [0.5, 0.6) is 0 Å². The molecule has 128 valence electrons. The van der Waals surface area contributed by atoms with Crippen molar-refractivity contribution >= 4 is 11.5 Å². The maximum absolute atomic E-state index is 14.1. The average Bonchev–Trinajstić information content (AvgIpc) is 2.57. The molecular weight excluding hydrogens is 305 g/mol. The summed E-state index contributed by atoms with van der Waals surface area (Å²) in [5.74, 6) is -0.496. The number of pyridine rings is 2. The second kappa shape index (κ2) is 7.13. The van der Waals surface area contributed by atoms with Crippen LogP contribution in [-0.4, -0.2) is 41.0 Å². The molecule has 0 bridgehead atoms. The average molecular weight is 329 g/mol. The molecule has 0 radical (unpaired) electrons. The third kappa shape index (κ3) is 3.64. The SMILES string of the molecule is Cc1c(Cc2ccnc(N)c2F)cncc1NC1CCN(C)CC1. The van der Waals surface area contributed by atoms with Crippen molar-refractivity contribution in [3.63, 3.8) is 0 Å². The Morgan fingerprint density at radius 2 is 2.04 bits per heavy atom. The highest BCUT2D eigenvalue weighted by Gasteiger charge is 2.18. The van der Waals surface area contributed by atoms with Crippen molar-refractivity contribution in [2.75, 3.05) is 31.2 Å². The van der Waals surface area contributed by atoms with Crippen molar-refractivity contribution in [3.05, 3.63) is 47.2 Å². The lowest BCUT2D eigenvalue weighted by molar-refractivity contribution is 0.264. The van der Waals surface area contributed by atoms with E-state index in [0.717, 1.165) is 42.7 Å². The van der Waals surface area contributed by atoms with E-state index < -0.39 is 5.82 Å². The van der Waals surface area contributed by atoms with Crippen LogP contribution in [0.25, 0.3) is 0 Å². The molecule has 0 saturated carbocycles. The summed E-state index contributed by atoms with van der Waals surface area (Å²) in [5, 5.41) is 3.60. The molecule has 3 rings (SSSR count). The van der Waals surface area contributed by atoms with Gasteiger partial charge < -0.3 is 16.0 Å². The molecule has 1 aliphatic rings. The van der Waals surface area contributed by atoms with Gasteiger partial charge in [0.25, 0.3) is 0 Å². The molecule has 0 aliphatic carbocycles. The highest BCUT2D eigenvalue weighted by atomic mass is 19.1. The van der Waals surface area contributed by atoms with E-state index in [0.29, 0.717) is 18.0 Å². The Morgan fingerprint density at radius 3 is 2.79 bits per heavy atom. The molecule has 1 saturated heterocycles. The highest BCUT2D eigenvalue weighted by Crippen LogP contribution is 2.24. The fourth-order valence-corrected chi connectivity index (χ4v) is 3.11. The summed E-state index contributed by atoms with van der Waals surface area (Å²) in [4.78, 5) is 10.5. The van der Waals surface area contributed by atoms with Gasteiger partial charge in [0, 0.05) is 24.9 Å². The molecule has 0 unspecified atom stereocenters. The van der Waals surface area contributed by atoms with Gasteiger partial charge in [0.2, 0.25) is 0 Å². The number of halogens is 1. The molecule has 0 aromatic carbocycles. The van der Waals surface area contributed by atoms with E-state index in [1.165, 1.54) is 6.20 Å². The minimum atomic E-state index is -0.439. The summed E-state index contributed by atoms with van der Waals surface area (Å²) in [5.41, 5.74) is 9.24. The second-order valence-corrected chi connectivity index (χ2v) is 6.54. The minimum absolute atomic E-state index is 0.0567. The van der Waals surface area contributed by atoms with Gasteiger partial charge in [-0.3, -0.25) is 4.98 Å². The van der Waals surface area contributed by atoms with Gasteiger partial charge in [-0.1, -0.05) is 0 Å². The Hall–Kier alpha value is -2.21. The van der Waals surface area contributed by atoms with Crippen molar-refractivity contribution < 1.29 is 4.39 Å². The van der Waals surface area contributed by atoms with E-state index in [1.54, 1.807) is 12.3 Å². The zero-order chi connectivity index (χ0) is 17.1. The zero-order valence-corrected chi connectivity index (χ0v) is 14.2. The van der Waals surface area contributed by atoms with Gasteiger partial charge in [-0.25, -0.2) is 9.37 Å². The first-order valence-electron chi connectivity index (χ1n) is 8.32. The zero-order valence-electron chi connectivity index (χ0n) is 14.2. The topological polar surface area (TPSA) is 67.1 Å². The number of piperidine rings is 1. The predicted octanol–water partition coefficient (Wildman–Crippen LogP) is 2.60. The molecule has 5 nitrogen and oxygen atoms in total. The second-order valence-electron chi connectivity index (χ2n) is 6.54. The molecule has 3 N–H and O–H groups in total. The van der Waals surface area contributed by atoms with Gasteiger partial charge in [0.05, 0.1) is 11.9 Å². The number of hydrogen-bond acceptors (Lipinski definition) is 5. The molecule has 24 heavy (non-hydrogen) atoms. The first-order valence-corrected chi connectivity index (χ1v) is 8.32. The molecule has 6 heteroatoms. The quantitative estimate of drug-likeness (QED) is 0.902. The number of nitrogens with zero attached hydrogens (tertiary/aromatic N) is 3. The summed E-state index contributed by atoms with van der Waals surface area (Å²) in [6.45, 7) is 4.26. The van der Waals surface area contributed by atoms with Crippen LogP contribution in [0, 0.1) is 12.7 Å². The van der Waals surface area contributed by atoms with E-state index in [2.05, 4.69) is 34.2 Å². The van der Waals surface area contributed by atoms with E-state index in [-0.39, 0.29) is 5.82 Å². The maximum Gasteiger partial charge on any atom is 0.168 e. The summed E-state index contributed by atoms with van der Waals surface area (Å²) in [6, 6.07) is 2.13. The molecule has 2 aromatic rings. The fraction of sp³-hybridized carbons (Fsp3) is 0.444. The van der Waals surface area contributed by atoms with Gasteiger partial charge in [-0.15, -0.1) is 0 Å². The lowest BCUT2D eigenvalue weighted by Gasteiger charge is -2.30. The summed E-state index contributed by atoms with van der Waals surface area (Å²) >= 11 is 0. The first kappa shape index (κ1) is 16.6. The number of likely N-dealkylation sites (tertiary alicyclic amines) is 1. The van der Waals surface area contributed by atoms with Gasteiger partial charge in [-0.05, 0) is 62.7 Å². The number of rotatable bonds is 4. The van der Waals surface area contributed by atoms with Crippen molar-refractivity contribution in [2.45, 2.75) is 32.2 Å². The lowest BCUT2D eigenvalue weighted by atomic mass is 10.0. The van der Waals surface area contributed by atoms with E-state index in [1.807, 2.05) is 6.20 Å². The van der Waals surface area contributed by atoms with Crippen LogP contribution in [0.15, 0.2) is 24.7 Å². The summed E-state index contributed by atoms with van der Waals surface area (Å²) in [6.07, 6.45) is 7.89. The van der Waals surface area contributed by atoms with Gasteiger partial charge in [0.15, 0.2) is 11.6 Å². The van der Waals surface area contributed by atoms with Gasteiger partial charge >= 0.3 is 0 Å². The van der Waals surface area contributed by atoms with E-state index in [9.17, 15) is 4.39 Å². The third-order valence-corrected chi connectivity index (χ3v) is 4.77. The Labute approximate surface area is 142 Å². The molecule has 0 atom stereocenters. The summed E-state index contributed by atoms with van der Waals surface area (Å²) < 4.78 is 14.1. The smallest absolute Gasteiger partial charge is 0.168 e. The van der Waals surface area contributed by atoms with Gasteiger partial charge in [0.1, 0.15) is 0 Å². The molecular formula is C18H24FN5. The van der Waals surface area contributed by atoms with Crippen LogP contribution in [0.3, 0.4) is 0 Å². The largest absolute Gasteiger partial charge is 0.381 e. The number of hydrogen-bond donors (Lipinski definition) is 2. The highest BCUT2D eigenvalue weighted by molar-refractivity contribution is 5.53. The number of nitrogen functional groups attached to an aromatic ring is 1. The van der Waals surface area contributed by atoms with Crippen molar-refractivity contribution in [1.29, 1.82) is 0 Å². The summed E-state index contributed by atoms with van der Waals surface area (Å²) in [7, 11) is 2.15. The van der Waals surface area contributed by atoms with Crippen LogP contribution in [0.1, 0.15) is 29.5 Å². The van der Waals surface area contributed by atoms with E-state index >= 15 is 0 Å². The molecule has 0 spiro atoms. The predicted molar refractivity (Wildman–Crippen MR) is 94.5 cm³/mol. The number of aromatic nitrogens is 2. The standard InChI is InChI=1S/C18H24FN5/c1-12-14(9-13-3-6-22-18(20)17(13)19)10-21-11-16(12)23-15-4-7-24(2)8-5-15/h3,6,10-11,15,23H,4-5,7-9H2,1-2H3,(H2,20,22). The normalized spacial score (nSPS) is 16.3. The van der Waals surface area contributed by atoms with Crippen molar-refractivity contribution in [1.82, 2.24) is 14.9 Å². The molecule has 0 amide bonds. The number of nitrogens with one attached hydrogen (secondary N) is 1. The van der Waals surface area contributed by atoms with Crippen molar-refractivity contribution in [2.24, 2.45) is 0 Å². The van der Waals surface area contributed by atoms with Gasteiger partial charge in [-0.2, -0.15) is 0 Å². The third-order valence-electron chi connectivity index (χ3n) is 4.77. The molecule has 1 fully saturated rings. The van der Waals surface area contributed by atoms with Crippen LogP contribution in [0.4, 0.5) is 15.9 Å². The Kier molecular flexibility index (Phi) is 4.94. The Morgan fingerprint density at radius 1 is 1.29 bits per heavy atom. The maximum atomic E-state index is 14.1. The minimum Gasteiger partial charge on any atom is -0.381 e. The molecule has 2 aromatic heterocycles. The van der Waals surface area contributed by atoms with Crippen LogP contribution >= 0.6 is 0 Å². The molecule has 3 heterocycles. The Bertz CT molecular complexity index is 711. The fourth-order valence-electron chi connectivity index (χ4n) is 3.11. The first-order chi connectivity index (χ1) is 11.5. The van der Waals surface area contributed by atoms with Crippen LogP contribution < -0.4 is 11.1 Å². The Balaban J connectivity index is 1.77.